The lowest BCUT2D eigenvalue weighted by molar-refractivity contribution is -0.117. The number of aromatic amines is 1. The molecule has 0 aliphatic carbocycles. The summed E-state index contributed by atoms with van der Waals surface area (Å²) in [5, 5.41) is 8.56. The van der Waals surface area contributed by atoms with Crippen LogP contribution < -0.4 is 15.6 Å². The van der Waals surface area contributed by atoms with Crippen LogP contribution in [-0.4, -0.2) is 27.8 Å². The van der Waals surface area contributed by atoms with Crippen molar-refractivity contribution in [3.05, 3.63) is 65.1 Å². The predicted octanol–water partition coefficient (Wildman–Crippen LogP) is 2.53. The summed E-state index contributed by atoms with van der Waals surface area (Å²) < 4.78 is 6.27. The first-order valence-electron chi connectivity index (χ1n) is 8.06. The van der Waals surface area contributed by atoms with E-state index in [-0.39, 0.29) is 18.0 Å². The monoisotopic (exact) mass is 348 g/mol. The molecule has 4 rings (SSSR count). The number of carbonyl (C=O) groups is 1. The molecule has 2 aromatic heterocycles. The highest BCUT2D eigenvalue weighted by Crippen LogP contribution is 2.21. The van der Waals surface area contributed by atoms with Crippen LogP contribution in [0.15, 0.2) is 59.5 Å². The summed E-state index contributed by atoms with van der Waals surface area (Å²) >= 11 is 0. The molecular formula is C19H16N4O3. The molecule has 0 bridgehead atoms. The molecule has 0 radical (unpaired) electrons. The Morgan fingerprint density at radius 1 is 1.19 bits per heavy atom. The van der Waals surface area contributed by atoms with E-state index in [1.165, 1.54) is 0 Å². The van der Waals surface area contributed by atoms with Crippen molar-refractivity contribution in [2.75, 3.05) is 12.4 Å². The van der Waals surface area contributed by atoms with Gasteiger partial charge in [0.2, 0.25) is 5.91 Å². The second-order valence-corrected chi connectivity index (χ2v) is 5.85. The summed E-state index contributed by atoms with van der Waals surface area (Å²) in [6.07, 6.45) is 1.61. The molecule has 7 nitrogen and oxygen atoms in total. The number of carbonyl (C=O) groups excluding carboxylic acids is 1. The summed E-state index contributed by atoms with van der Waals surface area (Å²) in [5.74, 6) is 0.293. The van der Waals surface area contributed by atoms with Crippen molar-refractivity contribution in [3.63, 3.8) is 0 Å². The molecule has 26 heavy (non-hydrogen) atoms. The third kappa shape index (κ3) is 2.79. The van der Waals surface area contributed by atoms with Crippen LogP contribution >= 0.6 is 0 Å². The fourth-order valence-electron chi connectivity index (χ4n) is 2.93. The molecule has 4 aromatic rings. The van der Waals surface area contributed by atoms with Crippen molar-refractivity contribution in [1.82, 2.24) is 14.8 Å². The quantitative estimate of drug-likeness (QED) is 0.593. The van der Waals surface area contributed by atoms with Crippen LogP contribution in [0.3, 0.4) is 0 Å². The number of methoxy groups -OCH3 is 1. The number of ether oxygens (including phenoxy) is 1. The Hall–Kier alpha value is -3.61. The summed E-state index contributed by atoms with van der Waals surface area (Å²) in [6, 6.07) is 14.6. The van der Waals surface area contributed by atoms with Gasteiger partial charge < -0.3 is 15.0 Å². The van der Waals surface area contributed by atoms with E-state index in [1.807, 2.05) is 24.3 Å². The summed E-state index contributed by atoms with van der Waals surface area (Å²) in [7, 11) is 1.56. The fraction of sp³-hybridized carbons (Fsp3) is 0.105. The van der Waals surface area contributed by atoms with Crippen molar-refractivity contribution in [2.24, 2.45) is 0 Å². The Morgan fingerprint density at radius 2 is 2.04 bits per heavy atom. The van der Waals surface area contributed by atoms with Crippen LogP contribution in [0.5, 0.6) is 5.75 Å². The van der Waals surface area contributed by atoms with Gasteiger partial charge in [-0.3, -0.25) is 9.59 Å². The molecule has 0 aliphatic rings. The van der Waals surface area contributed by atoms with Crippen molar-refractivity contribution in [3.8, 4) is 5.75 Å². The highest BCUT2D eigenvalue weighted by atomic mass is 16.5. The topological polar surface area (TPSA) is 89.0 Å². The summed E-state index contributed by atoms with van der Waals surface area (Å²) in [5.41, 5.74) is 1.56. The molecule has 2 aromatic carbocycles. The Kier molecular flexibility index (Phi) is 3.89. The van der Waals surface area contributed by atoms with Gasteiger partial charge in [0.1, 0.15) is 17.8 Å². The number of rotatable bonds is 4. The average Bonchev–Trinajstić information content (AvgIpc) is 3.04. The highest BCUT2D eigenvalue weighted by Gasteiger charge is 2.12. The third-order valence-corrected chi connectivity index (χ3v) is 4.17. The van der Waals surface area contributed by atoms with Gasteiger partial charge in [0.05, 0.1) is 13.3 Å². The maximum absolute atomic E-state index is 12.7. The van der Waals surface area contributed by atoms with Gasteiger partial charge in [-0.1, -0.05) is 24.3 Å². The van der Waals surface area contributed by atoms with Crippen molar-refractivity contribution in [1.29, 1.82) is 0 Å². The number of hydrogen-bond acceptors (Lipinski definition) is 4. The van der Waals surface area contributed by atoms with E-state index in [2.05, 4.69) is 15.4 Å². The van der Waals surface area contributed by atoms with Gasteiger partial charge >= 0.3 is 0 Å². The zero-order valence-electron chi connectivity index (χ0n) is 14.0. The van der Waals surface area contributed by atoms with Crippen LogP contribution in [0.25, 0.3) is 21.8 Å². The molecule has 1 amide bonds. The molecule has 0 atom stereocenters. The molecule has 2 heterocycles. The van der Waals surface area contributed by atoms with Crippen LogP contribution in [0, 0.1) is 0 Å². The lowest BCUT2D eigenvalue weighted by Crippen LogP contribution is -2.29. The second kappa shape index (κ2) is 6.36. The molecule has 0 spiro atoms. The average molecular weight is 348 g/mol. The molecule has 0 fully saturated rings. The minimum atomic E-state index is -0.344. The van der Waals surface area contributed by atoms with E-state index in [1.54, 1.807) is 37.6 Å². The minimum absolute atomic E-state index is 0.179. The van der Waals surface area contributed by atoms with Crippen molar-refractivity contribution >= 4 is 33.4 Å². The number of nitrogens with zero attached hydrogens (tertiary/aromatic N) is 2. The number of benzene rings is 2. The van der Waals surface area contributed by atoms with Gasteiger partial charge in [-0.25, -0.2) is 4.68 Å². The van der Waals surface area contributed by atoms with Gasteiger partial charge in [0.15, 0.2) is 0 Å². The van der Waals surface area contributed by atoms with Gasteiger partial charge in [-0.2, -0.15) is 5.10 Å². The molecule has 0 saturated heterocycles. The number of nitrogens with one attached hydrogen (secondary N) is 2. The summed E-state index contributed by atoms with van der Waals surface area (Å²) in [4.78, 5) is 28.0. The van der Waals surface area contributed by atoms with E-state index in [9.17, 15) is 9.59 Å². The van der Waals surface area contributed by atoms with Gasteiger partial charge in [-0.05, 0) is 18.2 Å². The molecule has 0 aliphatic heterocycles. The van der Waals surface area contributed by atoms with E-state index in [0.717, 1.165) is 21.0 Å². The highest BCUT2D eigenvalue weighted by molar-refractivity contribution is 6.06. The van der Waals surface area contributed by atoms with Gasteiger partial charge in [-0.15, -0.1) is 0 Å². The third-order valence-electron chi connectivity index (χ3n) is 4.17. The zero-order chi connectivity index (χ0) is 18.1. The minimum Gasteiger partial charge on any atom is -0.497 e. The Labute approximate surface area is 148 Å². The van der Waals surface area contributed by atoms with Crippen LogP contribution in [-0.2, 0) is 11.3 Å². The van der Waals surface area contributed by atoms with E-state index < -0.39 is 0 Å². The molecule has 0 unspecified atom stereocenters. The Morgan fingerprint density at radius 3 is 2.88 bits per heavy atom. The Balaban J connectivity index is 1.62. The largest absolute Gasteiger partial charge is 0.497 e. The van der Waals surface area contributed by atoms with Crippen LogP contribution in [0.4, 0.5) is 5.69 Å². The number of fused-ring (bicyclic) bond motifs is 3. The zero-order valence-corrected chi connectivity index (χ0v) is 14.0. The smallest absolute Gasteiger partial charge is 0.291 e. The number of anilines is 1. The second-order valence-electron chi connectivity index (χ2n) is 5.85. The lowest BCUT2D eigenvalue weighted by atomic mass is 10.2. The van der Waals surface area contributed by atoms with E-state index >= 15 is 0 Å². The standard InChI is InChI=1S/C19H16N4O3/c1-26-13-6-4-5-12(9-13)21-17(24)11-23-19(25)18-15(10-20-23)14-7-2-3-8-16(14)22-18/h2-10,22H,11H2,1H3,(H,21,24). The first-order chi connectivity index (χ1) is 12.7. The lowest BCUT2D eigenvalue weighted by Gasteiger charge is -2.08. The molecule has 0 saturated carbocycles. The molecular weight excluding hydrogens is 332 g/mol. The Bertz CT molecular complexity index is 1180. The molecule has 130 valence electrons. The fourth-order valence-corrected chi connectivity index (χ4v) is 2.93. The van der Waals surface area contributed by atoms with Crippen molar-refractivity contribution in [2.45, 2.75) is 6.54 Å². The first kappa shape index (κ1) is 15.9. The van der Waals surface area contributed by atoms with E-state index in [0.29, 0.717) is 17.0 Å². The van der Waals surface area contributed by atoms with Gasteiger partial charge in [0, 0.05) is 28.0 Å². The summed E-state index contributed by atoms with van der Waals surface area (Å²) in [6.45, 7) is -0.179. The normalized spacial score (nSPS) is 11.0. The number of aromatic nitrogens is 3. The van der Waals surface area contributed by atoms with Gasteiger partial charge in [0.25, 0.3) is 5.56 Å². The number of H-pyrrole nitrogens is 1. The molecule has 2 N–H and O–H groups in total. The number of amides is 1. The van der Waals surface area contributed by atoms with Crippen LogP contribution in [0.1, 0.15) is 0 Å². The number of hydrogen-bond donors (Lipinski definition) is 2. The maximum Gasteiger partial charge on any atom is 0.291 e. The van der Waals surface area contributed by atoms with Crippen molar-refractivity contribution < 1.29 is 9.53 Å². The SMILES string of the molecule is COc1cccc(NC(=O)Cn2ncc3c([nH]c4ccccc43)c2=O)c1. The van der Waals surface area contributed by atoms with E-state index in [4.69, 9.17) is 4.74 Å². The van der Waals surface area contributed by atoms with Crippen LogP contribution in [0.2, 0.25) is 0 Å². The predicted molar refractivity (Wildman–Crippen MR) is 99.5 cm³/mol. The maximum atomic E-state index is 12.7. The first-order valence-corrected chi connectivity index (χ1v) is 8.06. The molecule has 7 heteroatoms. The number of para-hydroxylation sites is 1.